The fourth-order valence-corrected chi connectivity index (χ4v) is 5.04. The van der Waals surface area contributed by atoms with Gasteiger partial charge in [-0.1, -0.05) is 18.2 Å². The minimum Gasteiger partial charge on any atom is -0.507 e. The molecule has 8 heteroatoms. The number of methoxy groups -OCH3 is 1. The SMILES string of the molecule is COc1cc(O)c(-c2cc3ccccc3s2)cc1Oc1ccc(OCCN2CCOCC2)cc1.Cl. The third-order valence-corrected chi connectivity index (χ3v) is 6.95. The number of nitrogens with zero attached hydrogens (tertiary/aromatic N) is 1. The van der Waals surface area contributed by atoms with Crippen LogP contribution in [0.15, 0.2) is 66.7 Å². The van der Waals surface area contributed by atoms with Gasteiger partial charge in [-0.2, -0.15) is 0 Å². The number of rotatable bonds is 8. The summed E-state index contributed by atoms with van der Waals surface area (Å²) < 4.78 is 24.0. The van der Waals surface area contributed by atoms with Gasteiger partial charge in [0.2, 0.25) is 0 Å². The third-order valence-electron chi connectivity index (χ3n) is 5.80. The van der Waals surface area contributed by atoms with Crippen molar-refractivity contribution in [2.24, 2.45) is 0 Å². The van der Waals surface area contributed by atoms with Gasteiger partial charge < -0.3 is 24.1 Å². The number of phenols is 1. The topological polar surface area (TPSA) is 60.4 Å². The second-order valence-corrected chi connectivity index (χ2v) is 9.13. The van der Waals surface area contributed by atoms with E-state index in [-0.39, 0.29) is 18.2 Å². The smallest absolute Gasteiger partial charge is 0.170 e. The van der Waals surface area contributed by atoms with Gasteiger partial charge in [-0.3, -0.25) is 4.90 Å². The summed E-state index contributed by atoms with van der Waals surface area (Å²) in [5.41, 5.74) is 0.708. The molecule has 0 spiro atoms. The number of ether oxygens (including phenoxy) is 4. The van der Waals surface area contributed by atoms with Crippen LogP contribution in [0.1, 0.15) is 0 Å². The van der Waals surface area contributed by atoms with Crippen LogP contribution in [-0.4, -0.2) is 56.6 Å². The van der Waals surface area contributed by atoms with Crippen molar-refractivity contribution in [1.29, 1.82) is 0 Å². The molecule has 1 N–H and O–H groups in total. The Morgan fingerprint density at radius 2 is 1.69 bits per heavy atom. The lowest BCUT2D eigenvalue weighted by Gasteiger charge is -2.26. The van der Waals surface area contributed by atoms with Crippen LogP contribution in [0.5, 0.6) is 28.7 Å². The van der Waals surface area contributed by atoms with E-state index in [1.165, 1.54) is 4.70 Å². The van der Waals surface area contributed by atoms with Crippen molar-refractivity contribution in [3.8, 4) is 39.2 Å². The Morgan fingerprint density at radius 1 is 0.943 bits per heavy atom. The average molecular weight is 514 g/mol. The lowest BCUT2D eigenvalue weighted by Crippen LogP contribution is -2.38. The van der Waals surface area contributed by atoms with Gasteiger partial charge in [0, 0.05) is 40.8 Å². The minimum atomic E-state index is 0. The maximum Gasteiger partial charge on any atom is 0.170 e. The van der Waals surface area contributed by atoms with E-state index in [1.807, 2.05) is 42.5 Å². The van der Waals surface area contributed by atoms with E-state index in [9.17, 15) is 5.11 Å². The molecule has 4 aromatic rings. The molecule has 0 amide bonds. The van der Waals surface area contributed by atoms with Gasteiger partial charge in [0.1, 0.15) is 23.9 Å². The summed E-state index contributed by atoms with van der Waals surface area (Å²) in [5.74, 6) is 2.61. The largest absolute Gasteiger partial charge is 0.507 e. The van der Waals surface area contributed by atoms with Crippen LogP contribution in [0, 0.1) is 0 Å². The maximum atomic E-state index is 10.6. The highest BCUT2D eigenvalue weighted by Gasteiger charge is 2.16. The zero-order chi connectivity index (χ0) is 23.3. The number of phenolic OH excluding ortho intramolecular Hbond substituents is 1. The molecule has 0 aliphatic carbocycles. The van der Waals surface area contributed by atoms with Crippen LogP contribution >= 0.6 is 23.7 Å². The molecule has 35 heavy (non-hydrogen) atoms. The summed E-state index contributed by atoms with van der Waals surface area (Å²) in [6, 6.07) is 21.2. The zero-order valence-electron chi connectivity index (χ0n) is 19.4. The van der Waals surface area contributed by atoms with Gasteiger partial charge in [0.25, 0.3) is 0 Å². The first kappa shape index (κ1) is 25.1. The number of thiophene rings is 1. The molecule has 5 rings (SSSR count). The van der Waals surface area contributed by atoms with Crippen LogP contribution in [0.4, 0.5) is 0 Å². The van der Waals surface area contributed by atoms with E-state index in [0.29, 0.717) is 29.4 Å². The van der Waals surface area contributed by atoms with Gasteiger partial charge in [-0.05, 0) is 47.9 Å². The lowest BCUT2D eigenvalue weighted by atomic mass is 10.1. The Labute approximate surface area is 215 Å². The number of aromatic hydroxyl groups is 1. The molecule has 0 saturated carbocycles. The molecule has 3 aromatic carbocycles. The van der Waals surface area contributed by atoms with Crippen LogP contribution in [0.2, 0.25) is 0 Å². The third kappa shape index (κ3) is 6.00. The molecule has 0 unspecified atom stereocenters. The standard InChI is InChI=1S/C27H27NO5S.ClH/c1-30-24-18-23(29)22(27-16-19-4-2-3-5-26(19)34-27)17-25(24)33-21-8-6-20(7-9-21)32-15-12-28-10-13-31-14-11-28;/h2-9,16-18,29H,10-15H2,1H3;1H. The molecule has 1 aromatic heterocycles. The molecule has 184 valence electrons. The molecular weight excluding hydrogens is 486 g/mol. The number of hydrogen-bond acceptors (Lipinski definition) is 7. The number of hydrogen-bond donors (Lipinski definition) is 1. The van der Waals surface area contributed by atoms with Crippen molar-refractivity contribution >= 4 is 33.8 Å². The van der Waals surface area contributed by atoms with Crippen LogP contribution in [0.3, 0.4) is 0 Å². The Bertz CT molecular complexity index is 1220. The van der Waals surface area contributed by atoms with E-state index in [1.54, 1.807) is 24.5 Å². The normalized spacial score (nSPS) is 13.9. The van der Waals surface area contributed by atoms with Crippen molar-refractivity contribution in [3.63, 3.8) is 0 Å². The molecule has 0 atom stereocenters. The van der Waals surface area contributed by atoms with Gasteiger partial charge in [0.05, 0.1) is 20.3 Å². The molecule has 1 aliphatic rings. The minimum absolute atomic E-state index is 0. The second kappa shape index (κ2) is 11.6. The Kier molecular flexibility index (Phi) is 8.36. The number of halogens is 1. The summed E-state index contributed by atoms with van der Waals surface area (Å²) in [6.45, 7) is 4.99. The molecule has 0 radical (unpaired) electrons. The van der Waals surface area contributed by atoms with Crippen molar-refractivity contribution in [2.75, 3.05) is 46.6 Å². The van der Waals surface area contributed by atoms with Gasteiger partial charge in [-0.25, -0.2) is 0 Å². The van der Waals surface area contributed by atoms with Gasteiger partial charge >= 0.3 is 0 Å². The Balaban J connectivity index is 0.00000289. The lowest BCUT2D eigenvalue weighted by molar-refractivity contribution is 0.0322. The molecule has 1 aliphatic heterocycles. The van der Waals surface area contributed by atoms with Crippen molar-refractivity contribution < 1.29 is 24.1 Å². The van der Waals surface area contributed by atoms with Crippen molar-refractivity contribution in [2.45, 2.75) is 0 Å². The van der Waals surface area contributed by atoms with E-state index in [2.05, 4.69) is 23.1 Å². The van der Waals surface area contributed by atoms with Crippen LogP contribution < -0.4 is 14.2 Å². The van der Waals surface area contributed by atoms with Crippen molar-refractivity contribution in [3.05, 3.63) is 66.7 Å². The number of fused-ring (bicyclic) bond motifs is 1. The number of benzene rings is 3. The van der Waals surface area contributed by atoms with Crippen LogP contribution in [-0.2, 0) is 4.74 Å². The summed E-state index contributed by atoms with van der Waals surface area (Å²) in [7, 11) is 1.56. The number of morpholine rings is 1. The predicted octanol–water partition coefficient (Wildman–Crippen LogP) is 6.21. The summed E-state index contributed by atoms with van der Waals surface area (Å²) in [5, 5.41) is 11.8. The quantitative estimate of drug-likeness (QED) is 0.302. The summed E-state index contributed by atoms with van der Waals surface area (Å²) in [4.78, 5) is 3.31. The average Bonchev–Trinajstić information content (AvgIpc) is 3.30. The van der Waals surface area contributed by atoms with E-state index in [4.69, 9.17) is 18.9 Å². The van der Waals surface area contributed by atoms with Crippen LogP contribution in [0.25, 0.3) is 20.5 Å². The molecule has 6 nitrogen and oxygen atoms in total. The first-order chi connectivity index (χ1) is 16.7. The van der Waals surface area contributed by atoms with Crippen molar-refractivity contribution in [1.82, 2.24) is 4.90 Å². The summed E-state index contributed by atoms with van der Waals surface area (Å²) in [6.07, 6.45) is 0. The highest BCUT2D eigenvalue weighted by Crippen LogP contribution is 2.44. The van der Waals surface area contributed by atoms with E-state index in [0.717, 1.165) is 48.9 Å². The summed E-state index contributed by atoms with van der Waals surface area (Å²) >= 11 is 1.63. The predicted molar refractivity (Wildman–Crippen MR) is 142 cm³/mol. The Morgan fingerprint density at radius 3 is 2.43 bits per heavy atom. The van der Waals surface area contributed by atoms with Gasteiger partial charge in [-0.15, -0.1) is 23.7 Å². The highest BCUT2D eigenvalue weighted by molar-refractivity contribution is 7.22. The first-order valence-corrected chi connectivity index (χ1v) is 12.1. The fraction of sp³-hybridized carbons (Fsp3) is 0.259. The molecule has 2 heterocycles. The first-order valence-electron chi connectivity index (χ1n) is 11.3. The van der Waals surface area contributed by atoms with Gasteiger partial charge in [0.15, 0.2) is 11.5 Å². The Hall–Kier alpha value is -2.97. The maximum absolute atomic E-state index is 10.6. The molecule has 1 saturated heterocycles. The fourth-order valence-electron chi connectivity index (χ4n) is 3.95. The highest BCUT2D eigenvalue weighted by atomic mass is 35.5. The molecule has 0 bridgehead atoms. The monoisotopic (exact) mass is 513 g/mol. The van der Waals surface area contributed by atoms with E-state index >= 15 is 0 Å². The molecule has 1 fully saturated rings. The second-order valence-electron chi connectivity index (χ2n) is 8.04. The molecular formula is C27H28ClNO5S. The zero-order valence-corrected chi connectivity index (χ0v) is 21.1. The van der Waals surface area contributed by atoms with E-state index < -0.39 is 0 Å².